The first-order valence-electron chi connectivity index (χ1n) is 10.4. The number of aryl methyl sites for hydroxylation is 2. The summed E-state index contributed by atoms with van der Waals surface area (Å²) in [6.45, 7) is 2.68. The Morgan fingerprint density at radius 3 is 2.40 bits per heavy atom. The van der Waals surface area contributed by atoms with Gasteiger partial charge in [0.2, 0.25) is 0 Å². The molecule has 0 saturated carbocycles. The minimum absolute atomic E-state index is 0.00673. The van der Waals surface area contributed by atoms with Gasteiger partial charge < -0.3 is 10.2 Å². The van der Waals surface area contributed by atoms with Crippen LogP contribution in [0.15, 0.2) is 23.4 Å². The van der Waals surface area contributed by atoms with E-state index in [1.165, 1.54) is 17.2 Å². The molecular weight excluding hydrogens is 402 g/mol. The van der Waals surface area contributed by atoms with Crippen molar-refractivity contribution < 1.29 is 13.2 Å². The van der Waals surface area contributed by atoms with Gasteiger partial charge in [0.15, 0.2) is 5.03 Å². The van der Waals surface area contributed by atoms with E-state index in [-0.39, 0.29) is 11.1 Å². The van der Waals surface area contributed by atoms with E-state index >= 15 is 0 Å². The van der Waals surface area contributed by atoms with Gasteiger partial charge in [-0.2, -0.15) is 13.5 Å². The first-order chi connectivity index (χ1) is 14.2. The molecule has 0 saturated heterocycles. The SMILES string of the molecule is C[C@H](CN(C)C)n1ccc(S(=O)(=O)NC(=O)Nc2c3c(cc4c2CCC4)CCC3)n1. The summed E-state index contributed by atoms with van der Waals surface area (Å²) in [5.41, 5.74) is 5.69. The molecule has 0 aliphatic heterocycles. The van der Waals surface area contributed by atoms with Gasteiger partial charge in [-0.3, -0.25) is 4.68 Å². The van der Waals surface area contributed by atoms with Gasteiger partial charge in [0, 0.05) is 18.4 Å². The van der Waals surface area contributed by atoms with Crippen molar-refractivity contribution in [3.8, 4) is 0 Å². The summed E-state index contributed by atoms with van der Waals surface area (Å²) in [7, 11) is -0.166. The number of hydrogen-bond donors (Lipinski definition) is 2. The normalized spacial score (nSPS) is 16.4. The second kappa shape index (κ2) is 8.03. The number of likely N-dealkylation sites (N-methyl/N-ethyl adjacent to an activating group) is 1. The average molecular weight is 432 g/mol. The van der Waals surface area contributed by atoms with E-state index in [1.54, 1.807) is 10.9 Å². The zero-order chi connectivity index (χ0) is 21.5. The number of rotatable bonds is 6. The molecule has 1 atom stereocenters. The Morgan fingerprint density at radius 1 is 1.17 bits per heavy atom. The fourth-order valence-electron chi connectivity index (χ4n) is 4.60. The maximum absolute atomic E-state index is 12.7. The van der Waals surface area contributed by atoms with E-state index < -0.39 is 16.1 Å². The van der Waals surface area contributed by atoms with Crippen molar-refractivity contribution in [3.05, 3.63) is 40.6 Å². The van der Waals surface area contributed by atoms with Crippen molar-refractivity contribution in [2.75, 3.05) is 26.0 Å². The highest BCUT2D eigenvalue weighted by molar-refractivity contribution is 7.90. The number of hydrogen-bond acceptors (Lipinski definition) is 5. The van der Waals surface area contributed by atoms with Crippen LogP contribution in [0.25, 0.3) is 0 Å². The molecule has 0 bridgehead atoms. The molecule has 2 aliphatic rings. The molecule has 8 nitrogen and oxygen atoms in total. The molecule has 2 amide bonds. The number of carbonyl (C=O) groups excluding carboxylic acids is 1. The van der Waals surface area contributed by atoms with Crippen LogP contribution in [0.4, 0.5) is 10.5 Å². The Balaban J connectivity index is 1.51. The Bertz CT molecular complexity index is 1040. The second-order valence-electron chi connectivity index (χ2n) is 8.54. The smallest absolute Gasteiger partial charge is 0.307 e. The van der Waals surface area contributed by atoms with Gasteiger partial charge in [-0.1, -0.05) is 6.07 Å². The maximum Gasteiger partial charge on any atom is 0.333 e. The van der Waals surface area contributed by atoms with E-state index in [1.807, 2.05) is 25.9 Å². The molecule has 2 aliphatic carbocycles. The molecule has 0 radical (unpaired) electrons. The molecule has 1 aromatic heterocycles. The second-order valence-corrected chi connectivity index (χ2v) is 10.2. The van der Waals surface area contributed by atoms with Gasteiger partial charge in [0.25, 0.3) is 10.0 Å². The van der Waals surface area contributed by atoms with Gasteiger partial charge in [0.05, 0.1) is 6.04 Å². The van der Waals surface area contributed by atoms with Gasteiger partial charge in [-0.15, -0.1) is 0 Å². The fraction of sp³-hybridized carbons (Fsp3) is 0.524. The molecule has 9 heteroatoms. The highest BCUT2D eigenvalue weighted by Gasteiger charge is 2.27. The number of sulfonamides is 1. The molecule has 162 valence electrons. The molecule has 1 heterocycles. The van der Waals surface area contributed by atoms with Gasteiger partial charge in [0.1, 0.15) is 0 Å². The van der Waals surface area contributed by atoms with Crippen LogP contribution in [0.2, 0.25) is 0 Å². The fourth-order valence-corrected chi connectivity index (χ4v) is 5.44. The lowest BCUT2D eigenvalue weighted by Crippen LogP contribution is -2.35. The number of aromatic nitrogens is 2. The summed E-state index contributed by atoms with van der Waals surface area (Å²) in [6, 6.07) is 2.96. The van der Waals surface area contributed by atoms with E-state index in [9.17, 15) is 13.2 Å². The third-order valence-electron chi connectivity index (χ3n) is 5.88. The van der Waals surface area contributed by atoms with Crippen molar-refractivity contribution in [2.45, 2.75) is 56.5 Å². The summed E-state index contributed by atoms with van der Waals surface area (Å²) in [5.74, 6) is 0. The Morgan fingerprint density at radius 2 is 1.80 bits per heavy atom. The number of fused-ring (bicyclic) bond motifs is 2. The molecule has 0 fully saturated rings. The van der Waals surface area contributed by atoms with Crippen LogP contribution in [0.5, 0.6) is 0 Å². The molecule has 0 unspecified atom stereocenters. The minimum atomic E-state index is -4.06. The number of anilines is 1. The summed E-state index contributed by atoms with van der Waals surface area (Å²) in [6.07, 6.45) is 7.61. The Labute approximate surface area is 177 Å². The van der Waals surface area contributed by atoms with Crippen molar-refractivity contribution in [1.82, 2.24) is 19.4 Å². The summed E-state index contributed by atoms with van der Waals surface area (Å²) in [4.78, 5) is 14.6. The van der Waals surface area contributed by atoms with Crippen molar-refractivity contribution >= 4 is 21.7 Å². The number of amides is 2. The lowest BCUT2D eigenvalue weighted by Gasteiger charge is -2.17. The molecule has 1 aromatic carbocycles. The molecule has 30 heavy (non-hydrogen) atoms. The maximum atomic E-state index is 12.7. The first-order valence-corrected chi connectivity index (χ1v) is 11.9. The lowest BCUT2D eigenvalue weighted by atomic mass is 9.99. The van der Waals surface area contributed by atoms with Crippen LogP contribution in [0.1, 0.15) is 48.1 Å². The number of carbonyl (C=O) groups is 1. The molecule has 4 rings (SSSR count). The van der Waals surface area contributed by atoms with Crippen LogP contribution in [0, 0.1) is 0 Å². The van der Waals surface area contributed by atoms with E-state index in [0.717, 1.165) is 61.9 Å². The van der Waals surface area contributed by atoms with Crippen molar-refractivity contribution in [2.24, 2.45) is 0 Å². The molecule has 2 aromatic rings. The van der Waals surface area contributed by atoms with E-state index in [0.29, 0.717) is 0 Å². The van der Waals surface area contributed by atoms with E-state index in [4.69, 9.17) is 0 Å². The third kappa shape index (κ3) is 4.09. The molecule has 0 spiro atoms. The van der Waals surface area contributed by atoms with Crippen LogP contribution < -0.4 is 10.0 Å². The zero-order valence-electron chi connectivity index (χ0n) is 17.7. The minimum Gasteiger partial charge on any atom is -0.307 e. The van der Waals surface area contributed by atoms with Crippen LogP contribution >= 0.6 is 0 Å². The number of urea groups is 1. The summed E-state index contributed by atoms with van der Waals surface area (Å²) < 4.78 is 29.1. The van der Waals surface area contributed by atoms with Crippen LogP contribution in [0.3, 0.4) is 0 Å². The van der Waals surface area contributed by atoms with Gasteiger partial charge >= 0.3 is 6.03 Å². The van der Waals surface area contributed by atoms with Crippen molar-refractivity contribution in [3.63, 3.8) is 0 Å². The van der Waals surface area contributed by atoms with Crippen LogP contribution in [-0.4, -0.2) is 49.8 Å². The summed E-state index contributed by atoms with van der Waals surface area (Å²) >= 11 is 0. The van der Waals surface area contributed by atoms with E-state index in [2.05, 4.69) is 21.2 Å². The number of nitrogens with one attached hydrogen (secondary N) is 2. The predicted octanol–water partition coefficient (Wildman–Crippen LogP) is 2.49. The average Bonchev–Trinajstić information content (AvgIpc) is 3.40. The van der Waals surface area contributed by atoms with Gasteiger partial charge in [-0.25, -0.2) is 9.52 Å². The standard InChI is InChI=1S/C21H29N5O3S/c1-14(13-25(2)3)26-11-10-19(23-26)30(28,29)24-21(27)22-20-17-8-4-6-15(17)12-16-7-5-9-18(16)20/h10-12,14H,4-9,13H2,1-3H3,(H2,22,24,27)/t14-/m1/s1. The Kier molecular flexibility index (Phi) is 5.59. The molecule has 2 N–H and O–H groups in total. The predicted molar refractivity (Wildman–Crippen MR) is 115 cm³/mol. The number of benzene rings is 1. The van der Waals surface area contributed by atoms with Crippen LogP contribution in [-0.2, 0) is 35.7 Å². The number of nitrogens with zero attached hydrogens (tertiary/aromatic N) is 3. The third-order valence-corrected chi connectivity index (χ3v) is 7.10. The highest BCUT2D eigenvalue weighted by atomic mass is 32.2. The zero-order valence-corrected chi connectivity index (χ0v) is 18.6. The Hall–Kier alpha value is -2.39. The quantitative estimate of drug-likeness (QED) is 0.733. The lowest BCUT2D eigenvalue weighted by molar-refractivity contribution is 0.256. The first kappa shape index (κ1) is 20.9. The highest BCUT2D eigenvalue weighted by Crippen LogP contribution is 2.38. The summed E-state index contributed by atoms with van der Waals surface area (Å²) in [5, 5.41) is 6.86. The van der Waals surface area contributed by atoms with Gasteiger partial charge in [-0.05, 0) is 87.9 Å². The topological polar surface area (TPSA) is 96.3 Å². The largest absolute Gasteiger partial charge is 0.333 e. The monoisotopic (exact) mass is 431 g/mol. The van der Waals surface area contributed by atoms with Crippen molar-refractivity contribution in [1.29, 1.82) is 0 Å². The molecular formula is C21H29N5O3S.